The molecule has 0 saturated heterocycles. The third-order valence-electron chi connectivity index (χ3n) is 3.84. The lowest BCUT2D eigenvalue weighted by Crippen LogP contribution is -2.26. The second-order valence-electron chi connectivity index (χ2n) is 5.04. The molecule has 1 unspecified atom stereocenters. The summed E-state index contributed by atoms with van der Waals surface area (Å²) in [6.07, 6.45) is 4.43. The Morgan fingerprint density at radius 2 is 2.22 bits per heavy atom. The van der Waals surface area contributed by atoms with Gasteiger partial charge in [-0.15, -0.1) is 0 Å². The molecule has 1 aromatic carbocycles. The van der Waals surface area contributed by atoms with Gasteiger partial charge in [0, 0.05) is 29.2 Å². The zero-order chi connectivity index (χ0) is 12.4. The summed E-state index contributed by atoms with van der Waals surface area (Å²) in [5, 5.41) is 13.8. The molecular formula is C15H20N2O. The molecule has 0 spiro atoms. The summed E-state index contributed by atoms with van der Waals surface area (Å²) in [7, 11) is 0. The first-order valence-corrected chi connectivity index (χ1v) is 6.84. The number of aryl methyl sites for hydroxylation is 1. The fourth-order valence-electron chi connectivity index (χ4n) is 2.97. The van der Waals surface area contributed by atoms with Crippen molar-refractivity contribution in [2.45, 2.75) is 31.7 Å². The van der Waals surface area contributed by atoms with Crippen LogP contribution in [-0.4, -0.2) is 23.2 Å². The highest BCUT2D eigenvalue weighted by Gasteiger charge is 2.23. The van der Waals surface area contributed by atoms with Gasteiger partial charge >= 0.3 is 0 Å². The molecule has 1 atom stereocenters. The van der Waals surface area contributed by atoms with E-state index in [0.29, 0.717) is 6.04 Å². The largest absolute Gasteiger partial charge is 0.396 e. The van der Waals surface area contributed by atoms with Crippen LogP contribution in [0, 0.1) is 0 Å². The first-order valence-electron chi connectivity index (χ1n) is 6.84. The lowest BCUT2D eigenvalue weighted by molar-refractivity contribution is 0.281. The number of aromatic amines is 1. The number of nitrogens with one attached hydrogen (secondary N) is 2. The molecule has 96 valence electrons. The molecule has 0 bridgehead atoms. The van der Waals surface area contributed by atoms with Gasteiger partial charge < -0.3 is 15.4 Å². The number of fused-ring (bicyclic) bond motifs is 3. The highest BCUT2D eigenvalue weighted by molar-refractivity contribution is 5.85. The number of para-hydroxylation sites is 1. The van der Waals surface area contributed by atoms with Gasteiger partial charge in [0.25, 0.3) is 0 Å². The Balaban J connectivity index is 1.90. The molecule has 1 aromatic heterocycles. The van der Waals surface area contributed by atoms with Gasteiger partial charge in [-0.1, -0.05) is 18.2 Å². The number of benzene rings is 1. The van der Waals surface area contributed by atoms with Crippen molar-refractivity contribution in [2.24, 2.45) is 0 Å². The monoisotopic (exact) mass is 244 g/mol. The second-order valence-corrected chi connectivity index (χ2v) is 5.04. The lowest BCUT2D eigenvalue weighted by Gasteiger charge is -2.23. The molecule has 1 aliphatic carbocycles. The summed E-state index contributed by atoms with van der Waals surface area (Å²) < 4.78 is 0. The molecule has 0 saturated carbocycles. The van der Waals surface area contributed by atoms with Crippen molar-refractivity contribution in [3.63, 3.8) is 0 Å². The van der Waals surface area contributed by atoms with Crippen LogP contribution in [0.15, 0.2) is 24.3 Å². The minimum Gasteiger partial charge on any atom is -0.396 e. The molecule has 18 heavy (non-hydrogen) atoms. The Morgan fingerprint density at radius 3 is 3.11 bits per heavy atom. The molecule has 3 heteroatoms. The van der Waals surface area contributed by atoms with Crippen molar-refractivity contribution < 1.29 is 5.11 Å². The third kappa shape index (κ3) is 2.04. The average Bonchev–Trinajstić information content (AvgIpc) is 2.79. The predicted molar refractivity (Wildman–Crippen MR) is 73.7 cm³/mol. The van der Waals surface area contributed by atoms with Crippen LogP contribution in [0.25, 0.3) is 10.9 Å². The highest BCUT2D eigenvalue weighted by Crippen LogP contribution is 2.34. The summed E-state index contributed by atoms with van der Waals surface area (Å²) in [6, 6.07) is 8.98. The molecule has 2 aromatic rings. The van der Waals surface area contributed by atoms with E-state index >= 15 is 0 Å². The van der Waals surface area contributed by atoms with Gasteiger partial charge in [-0.05, 0) is 43.9 Å². The van der Waals surface area contributed by atoms with Crippen LogP contribution in [0.5, 0.6) is 0 Å². The van der Waals surface area contributed by atoms with Gasteiger partial charge in [-0.2, -0.15) is 0 Å². The van der Waals surface area contributed by atoms with Crippen LogP contribution in [0.3, 0.4) is 0 Å². The first-order chi connectivity index (χ1) is 8.90. The quantitative estimate of drug-likeness (QED) is 0.724. The lowest BCUT2D eigenvalue weighted by atomic mass is 9.91. The summed E-state index contributed by atoms with van der Waals surface area (Å²) in [5.74, 6) is 0. The van der Waals surface area contributed by atoms with Gasteiger partial charge in [0.15, 0.2) is 0 Å². The number of aliphatic hydroxyl groups excluding tert-OH is 1. The fourth-order valence-corrected chi connectivity index (χ4v) is 2.97. The maximum atomic E-state index is 8.86. The van der Waals surface area contributed by atoms with Gasteiger partial charge in [-0.3, -0.25) is 0 Å². The van der Waals surface area contributed by atoms with Crippen LogP contribution in [0.4, 0.5) is 0 Å². The SMILES string of the molecule is OCCCNC1CCCc2c1[nH]c1ccccc21. The summed E-state index contributed by atoms with van der Waals surface area (Å²) in [4.78, 5) is 3.57. The molecule has 0 amide bonds. The molecule has 1 heterocycles. The van der Waals surface area contributed by atoms with Gasteiger partial charge in [0.2, 0.25) is 0 Å². The van der Waals surface area contributed by atoms with Gasteiger partial charge in [0.05, 0.1) is 0 Å². The molecule has 1 aliphatic rings. The minimum atomic E-state index is 0.263. The number of rotatable bonds is 4. The molecule has 3 rings (SSSR count). The first kappa shape index (κ1) is 11.8. The van der Waals surface area contributed by atoms with E-state index in [9.17, 15) is 0 Å². The zero-order valence-electron chi connectivity index (χ0n) is 10.6. The summed E-state index contributed by atoms with van der Waals surface area (Å²) in [6.45, 7) is 1.15. The van der Waals surface area contributed by atoms with E-state index in [2.05, 4.69) is 34.6 Å². The van der Waals surface area contributed by atoms with E-state index in [1.807, 2.05) is 0 Å². The normalized spacial score (nSPS) is 19.1. The Morgan fingerprint density at radius 1 is 1.33 bits per heavy atom. The van der Waals surface area contributed by atoms with Crippen molar-refractivity contribution in [2.75, 3.05) is 13.2 Å². The molecule has 3 N–H and O–H groups in total. The molecule has 0 fully saturated rings. The molecular weight excluding hydrogens is 224 g/mol. The number of H-pyrrole nitrogens is 1. The Bertz CT molecular complexity index is 532. The van der Waals surface area contributed by atoms with Gasteiger partial charge in [-0.25, -0.2) is 0 Å². The van der Waals surface area contributed by atoms with Gasteiger partial charge in [0.1, 0.15) is 0 Å². The number of hydrogen-bond acceptors (Lipinski definition) is 2. The van der Waals surface area contributed by atoms with Crippen LogP contribution >= 0.6 is 0 Å². The second kappa shape index (κ2) is 5.12. The predicted octanol–water partition coefficient (Wildman–Crippen LogP) is 2.52. The van der Waals surface area contributed by atoms with Crippen molar-refractivity contribution >= 4 is 10.9 Å². The summed E-state index contributed by atoms with van der Waals surface area (Å²) in [5.41, 5.74) is 4.09. The third-order valence-corrected chi connectivity index (χ3v) is 3.84. The van der Waals surface area contributed by atoms with Crippen molar-refractivity contribution in [1.29, 1.82) is 0 Å². The van der Waals surface area contributed by atoms with E-state index in [1.54, 1.807) is 0 Å². The van der Waals surface area contributed by atoms with E-state index in [-0.39, 0.29) is 6.61 Å². The number of aromatic nitrogens is 1. The van der Waals surface area contributed by atoms with E-state index in [1.165, 1.54) is 41.4 Å². The molecule has 0 aliphatic heterocycles. The average molecular weight is 244 g/mol. The standard InChI is InChI=1S/C15H20N2O/c18-10-4-9-16-14-8-3-6-12-11-5-1-2-7-13(11)17-15(12)14/h1-2,5,7,14,16-18H,3-4,6,8-10H2. The number of hydrogen-bond donors (Lipinski definition) is 3. The Hall–Kier alpha value is -1.32. The van der Waals surface area contributed by atoms with E-state index in [4.69, 9.17) is 5.11 Å². The molecule has 3 nitrogen and oxygen atoms in total. The Labute approximate surface area is 107 Å². The van der Waals surface area contributed by atoms with Crippen LogP contribution < -0.4 is 5.32 Å². The number of aliphatic hydroxyl groups is 1. The van der Waals surface area contributed by atoms with Crippen LogP contribution in [0.1, 0.15) is 36.6 Å². The topological polar surface area (TPSA) is 48.0 Å². The minimum absolute atomic E-state index is 0.263. The highest BCUT2D eigenvalue weighted by atomic mass is 16.3. The maximum absolute atomic E-state index is 8.86. The smallest absolute Gasteiger partial charge is 0.0476 e. The van der Waals surface area contributed by atoms with Crippen LogP contribution in [-0.2, 0) is 6.42 Å². The van der Waals surface area contributed by atoms with E-state index in [0.717, 1.165) is 13.0 Å². The van der Waals surface area contributed by atoms with Crippen molar-refractivity contribution in [3.05, 3.63) is 35.5 Å². The maximum Gasteiger partial charge on any atom is 0.0476 e. The van der Waals surface area contributed by atoms with E-state index < -0.39 is 0 Å². The van der Waals surface area contributed by atoms with Crippen LogP contribution in [0.2, 0.25) is 0 Å². The summed E-state index contributed by atoms with van der Waals surface area (Å²) >= 11 is 0. The van der Waals surface area contributed by atoms with Crippen molar-refractivity contribution in [3.8, 4) is 0 Å². The molecule has 0 radical (unpaired) electrons. The fraction of sp³-hybridized carbons (Fsp3) is 0.467. The Kier molecular flexibility index (Phi) is 3.35. The zero-order valence-corrected chi connectivity index (χ0v) is 10.6. The van der Waals surface area contributed by atoms with Crippen molar-refractivity contribution in [1.82, 2.24) is 10.3 Å².